The number of thiophene rings is 1. The molecule has 1 aromatic rings. The Labute approximate surface area is 115 Å². The maximum Gasteiger partial charge on any atom is 0.262 e. The lowest BCUT2D eigenvalue weighted by Crippen LogP contribution is -2.41. The van der Waals surface area contributed by atoms with Gasteiger partial charge < -0.3 is 16.2 Å². The first-order chi connectivity index (χ1) is 8.95. The molecule has 0 aliphatic rings. The van der Waals surface area contributed by atoms with Crippen LogP contribution in [0.2, 0.25) is 0 Å². The molecule has 102 valence electrons. The van der Waals surface area contributed by atoms with Crippen LogP contribution in [-0.4, -0.2) is 29.6 Å². The zero-order chi connectivity index (χ0) is 14.4. The molecule has 4 N–H and O–H groups in total. The molecule has 0 aromatic carbocycles. The number of carbonyl (C=O) groups excluding carboxylic acids is 2. The molecule has 0 fully saturated rings. The average molecular weight is 280 g/mol. The van der Waals surface area contributed by atoms with E-state index in [4.69, 9.17) is 10.8 Å². The van der Waals surface area contributed by atoms with E-state index in [1.807, 2.05) is 6.92 Å². The highest BCUT2D eigenvalue weighted by Gasteiger charge is 2.16. The van der Waals surface area contributed by atoms with Gasteiger partial charge in [0.1, 0.15) is 6.04 Å². The highest BCUT2D eigenvalue weighted by atomic mass is 32.1. The van der Waals surface area contributed by atoms with E-state index in [0.29, 0.717) is 11.3 Å². The van der Waals surface area contributed by atoms with Crippen LogP contribution in [0.5, 0.6) is 0 Å². The Balaban J connectivity index is 2.81. The minimum Gasteiger partial charge on any atom is -0.395 e. The Kier molecular flexibility index (Phi) is 5.55. The molecule has 2 amide bonds. The zero-order valence-corrected chi connectivity index (χ0v) is 11.6. The molecular formula is C13H16N2O3S. The molecule has 1 unspecified atom stereocenters. The molecule has 0 bridgehead atoms. The lowest BCUT2D eigenvalue weighted by molar-refractivity contribution is -0.119. The summed E-state index contributed by atoms with van der Waals surface area (Å²) in [5.74, 6) is 4.79. The minimum atomic E-state index is -0.709. The zero-order valence-electron chi connectivity index (χ0n) is 10.8. The van der Waals surface area contributed by atoms with E-state index in [2.05, 4.69) is 17.2 Å². The fourth-order valence-corrected chi connectivity index (χ4v) is 2.21. The van der Waals surface area contributed by atoms with Crippen molar-refractivity contribution in [3.8, 4) is 11.8 Å². The van der Waals surface area contributed by atoms with E-state index >= 15 is 0 Å². The maximum atomic E-state index is 11.9. The van der Waals surface area contributed by atoms with Gasteiger partial charge in [-0.05, 0) is 25.5 Å². The summed E-state index contributed by atoms with van der Waals surface area (Å²) in [6.07, 6.45) is 0.400. The van der Waals surface area contributed by atoms with Crippen molar-refractivity contribution < 1.29 is 14.7 Å². The highest BCUT2D eigenvalue weighted by molar-refractivity contribution is 7.14. The van der Waals surface area contributed by atoms with Crippen LogP contribution >= 0.6 is 11.3 Å². The van der Waals surface area contributed by atoms with E-state index in [-0.39, 0.29) is 12.5 Å². The lowest BCUT2D eigenvalue weighted by atomic mass is 10.2. The van der Waals surface area contributed by atoms with Gasteiger partial charge in [-0.1, -0.05) is 11.8 Å². The Bertz CT molecular complexity index is 540. The summed E-state index contributed by atoms with van der Waals surface area (Å²) < 4.78 is 0. The van der Waals surface area contributed by atoms with Crippen LogP contribution in [0.25, 0.3) is 0 Å². The van der Waals surface area contributed by atoms with Crippen LogP contribution in [0, 0.1) is 18.8 Å². The fraction of sp³-hybridized carbons (Fsp3) is 0.385. The minimum absolute atomic E-state index is 0.0148. The topological polar surface area (TPSA) is 92.4 Å². The molecule has 19 heavy (non-hydrogen) atoms. The Morgan fingerprint density at radius 3 is 2.84 bits per heavy atom. The van der Waals surface area contributed by atoms with Gasteiger partial charge in [0.2, 0.25) is 5.91 Å². The third-order valence-electron chi connectivity index (χ3n) is 2.35. The SMILES string of the molecule is Cc1cc(C(=O)NC(C)C(N)=O)sc1C#CCCO. The van der Waals surface area contributed by atoms with Crippen molar-refractivity contribution in [2.45, 2.75) is 26.3 Å². The molecular weight excluding hydrogens is 264 g/mol. The first kappa shape index (κ1) is 15.2. The number of hydrogen-bond donors (Lipinski definition) is 3. The van der Waals surface area contributed by atoms with Crippen LogP contribution in [0.1, 0.15) is 33.5 Å². The van der Waals surface area contributed by atoms with Gasteiger partial charge in [-0.15, -0.1) is 11.3 Å². The van der Waals surface area contributed by atoms with Crippen LogP contribution in [0.15, 0.2) is 6.07 Å². The van der Waals surface area contributed by atoms with Crippen LogP contribution in [0.3, 0.4) is 0 Å². The standard InChI is InChI=1S/C13H16N2O3S/c1-8-7-11(13(18)15-9(2)12(14)17)19-10(8)5-3-4-6-16/h7,9,16H,4,6H2,1-2H3,(H2,14,17)(H,15,18). The van der Waals surface area contributed by atoms with Crippen LogP contribution in [0.4, 0.5) is 0 Å². The van der Waals surface area contributed by atoms with E-state index in [9.17, 15) is 9.59 Å². The predicted octanol–water partition coefficient (Wildman–Crippen LogP) is 0.394. The molecule has 1 atom stereocenters. The number of carbonyl (C=O) groups is 2. The molecule has 0 aliphatic heterocycles. The van der Waals surface area contributed by atoms with Gasteiger partial charge in [-0.25, -0.2) is 0 Å². The monoisotopic (exact) mass is 280 g/mol. The third-order valence-corrected chi connectivity index (χ3v) is 3.51. The average Bonchev–Trinajstić information content (AvgIpc) is 2.71. The van der Waals surface area contributed by atoms with Crippen molar-refractivity contribution in [3.05, 3.63) is 21.4 Å². The smallest absolute Gasteiger partial charge is 0.262 e. The third kappa shape index (κ3) is 4.39. The van der Waals surface area contributed by atoms with Gasteiger partial charge >= 0.3 is 0 Å². The highest BCUT2D eigenvalue weighted by Crippen LogP contribution is 2.21. The molecule has 1 aromatic heterocycles. The number of primary amides is 1. The molecule has 1 rings (SSSR count). The van der Waals surface area contributed by atoms with Crippen molar-refractivity contribution in [2.75, 3.05) is 6.61 Å². The number of hydrogen-bond acceptors (Lipinski definition) is 4. The first-order valence-electron chi connectivity index (χ1n) is 5.76. The summed E-state index contributed by atoms with van der Waals surface area (Å²) in [5.41, 5.74) is 5.98. The molecule has 0 saturated heterocycles. The maximum absolute atomic E-state index is 11.9. The van der Waals surface area contributed by atoms with Crippen molar-refractivity contribution in [2.24, 2.45) is 5.73 Å². The predicted molar refractivity (Wildman–Crippen MR) is 73.8 cm³/mol. The Hall–Kier alpha value is -1.84. The van der Waals surface area contributed by atoms with Gasteiger partial charge in [0.25, 0.3) is 5.91 Å². The number of nitrogens with two attached hydrogens (primary N) is 1. The fourth-order valence-electron chi connectivity index (χ4n) is 1.26. The number of rotatable bonds is 4. The second kappa shape index (κ2) is 6.92. The van der Waals surface area contributed by atoms with E-state index < -0.39 is 11.9 Å². The second-order valence-electron chi connectivity index (χ2n) is 4.00. The lowest BCUT2D eigenvalue weighted by Gasteiger charge is -2.08. The molecule has 6 heteroatoms. The molecule has 0 aliphatic carbocycles. The Morgan fingerprint density at radius 2 is 2.26 bits per heavy atom. The molecule has 0 saturated carbocycles. The van der Waals surface area contributed by atoms with E-state index in [1.54, 1.807) is 6.07 Å². The summed E-state index contributed by atoms with van der Waals surface area (Å²) in [5, 5.41) is 11.2. The molecule has 0 radical (unpaired) electrons. The summed E-state index contributed by atoms with van der Waals surface area (Å²) in [6.45, 7) is 3.40. The molecule has 5 nitrogen and oxygen atoms in total. The van der Waals surface area contributed by atoms with Gasteiger partial charge in [0.05, 0.1) is 16.4 Å². The molecule has 0 spiro atoms. The summed E-state index contributed by atoms with van der Waals surface area (Å²) in [7, 11) is 0. The van der Waals surface area contributed by atoms with E-state index in [0.717, 1.165) is 10.4 Å². The summed E-state index contributed by atoms with van der Waals surface area (Å²) >= 11 is 1.25. The number of nitrogens with one attached hydrogen (secondary N) is 1. The molecule has 1 heterocycles. The van der Waals surface area contributed by atoms with Crippen LogP contribution in [-0.2, 0) is 4.79 Å². The summed E-state index contributed by atoms with van der Waals surface area (Å²) in [4.78, 5) is 24.0. The van der Waals surface area contributed by atoms with Crippen LogP contribution < -0.4 is 11.1 Å². The van der Waals surface area contributed by atoms with Gasteiger partial charge in [0.15, 0.2) is 0 Å². The second-order valence-corrected chi connectivity index (χ2v) is 5.05. The van der Waals surface area contributed by atoms with Crippen molar-refractivity contribution in [1.82, 2.24) is 5.32 Å². The Morgan fingerprint density at radius 1 is 1.58 bits per heavy atom. The van der Waals surface area contributed by atoms with Crippen molar-refractivity contribution in [3.63, 3.8) is 0 Å². The normalized spacial score (nSPS) is 11.3. The summed E-state index contributed by atoms with van der Waals surface area (Å²) in [6, 6.07) is 1.01. The van der Waals surface area contributed by atoms with E-state index in [1.165, 1.54) is 18.3 Å². The number of amides is 2. The quantitative estimate of drug-likeness (QED) is 0.697. The number of aliphatic hydroxyl groups excluding tert-OH is 1. The van der Waals surface area contributed by atoms with Crippen molar-refractivity contribution in [1.29, 1.82) is 0 Å². The first-order valence-corrected chi connectivity index (χ1v) is 6.57. The number of aliphatic hydroxyl groups is 1. The van der Waals surface area contributed by atoms with Gasteiger partial charge in [0, 0.05) is 6.42 Å². The largest absolute Gasteiger partial charge is 0.395 e. The van der Waals surface area contributed by atoms with Gasteiger partial charge in [-0.3, -0.25) is 9.59 Å². The van der Waals surface area contributed by atoms with Crippen molar-refractivity contribution >= 4 is 23.2 Å². The van der Waals surface area contributed by atoms with Gasteiger partial charge in [-0.2, -0.15) is 0 Å². The number of aryl methyl sites for hydroxylation is 1.